The Bertz CT molecular complexity index is 951. The average molecular weight is 447 g/mol. The first kappa shape index (κ1) is 20.2. The number of hydrogen-bond donors (Lipinski definition) is 2. The molecule has 0 spiro atoms. The number of hydrogen-bond acceptors (Lipinski definition) is 6. The van der Waals surface area contributed by atoms with Crippen LogP contribution in [0.3, 0.4) is 0 Å². The Kier molecular flexibility index (Phi) is 5.45. The number of aryl methyl sites for hydroxylation is 1. The predicted molar refractivity (Wildman–Crippen MR) is 120 cm³/mol. The molecule has 1 aromatic carbocycles. The van der Waals surface area contributed by atoms with Crippen LogP contribution in [-0.2, 0) is 17.2 Å². The molecule has 3 aliphatic rings. The number of nitrogens with zero attached hydrogens (tertiary/aromatic N) is 3. The van der Waals surface area contributed by atoms with E-state index in [0.29, 0.717) is 17.5 Å². The highest BCUT2D eigenvalue weighted by atomic mass is 35.5. The number of rotatable bonds is 5. The molecule has 160 valence electrons. The van der Waals surface area contributed by atoms with Crippen LogP contribution in [0.4, 0.5) is 11.8 Å². The van der Waals surface area contributed by atoms with Crippen molar-refractivity contribution >= 4 is 34.2 Å². The van der Waals surface area contributed by atoms with Crippen LogP contribution in [0.25, 0.3) is 0 Å². The summed E-state index contributed by atoms with van der Waals surface area (Å²) in [5, 5.41) is 14.1. The van der Waals surface area contributed by atoms with Crippen LogP contribution < -0.4 is 10.2 Å². The minimum Gasteiger partial charge on any atom is -0.394 e. The highest BCUT2D eigenvalue weighted by molar-refractivity contribution is 7.85. The SMILES string of the molecule is O=S1CCc2nc(N3CCC(c4ccc(Cl)cc4)CC3)nc(NC3(CO)CCC3)c21. The molecule has 30 heavy (non-hydrogen) atoms. The zero-order chi connectivity index (χ0) is 20.7. The maximum absolute atomic E-state index is 12.6. The maximum atomic E-state index is 12.6. The van der Waals surface area contributed by atoms with Gasteiger partial charge in [-0.15, -0.1) is 0 Å². The Labute approximate surface area is 184 Å². The zero-order valence-corrected chi connectivity index (χ0v) is 18.5. The molecule has 2 fully saturated rings. The van der Waals surface area contributed by atoms with E-state index in [1.807, 2.05) is 12.1 Å². The second-order valence-electron chi connectivity index (χ2n) is 8.68. The molecular formula is C22H27ClN4O2S. The Morgan fingerprint density at radius 1 is 1.20 bits per heavy atom. The third kappa shape index (κ3) is 3.72. The lowest BCUT2D eigenvalue weighted by molar-refractivity contribution is 0.143. The molecule has 6 nitrogen and oxygen atoms in total. The Morgan fingerprint density at radius 2 is 1.93 bits per heavy atom. The molecule has 1 atom stereocenters. The fourth-order valence-electron chi connectivity index (χ4n) is 4.74. The van der Waals surface area contributed by atoms with Crippen LogP contribution in [-0.4, -0.2) is 50.3 Å². The number of aliphatic hydroxyl groups excluding tert-OH is 1. The van der Waals surface area contributed by atoms with Crippen LogP contribution in [0.1, 0.15) is 49.3 Å². The van der Waals surface area contributed by atoms with Crippen molar-refractivity contribution < 1.29 is 9.32 Å². The van der Waals surface area contributed by atoms with Gasteiger partial charge in [-0.3, -0.25) is 4.21 Å². The molecule has 1 aliphatic carbocycles. The number of nitrogens with one attached hydrogen (secondary N) is 1. The Balaban J connectivity index is 1.37. The van der Waals surface area contributed by atoms with Gasteiger partial charge in [0.2, 0.25) is 5.95 Å². The van der Waals surface area contributed by atoms with Gasteiger partial charge in [-0.2, -0.15) is 4.98 Å². The van der Waals surface area contributed by atoms with Crippen LogP contribution in [0, 0.1) is 0 Å². The van der Waals surface area contributed by atoms with Gasteiger partial charge in [0.1, 0.15) is 10.7 Å². The molecule has 0 radical (unpaired) electrons. The van der Waals surface area contributed by atoms with E-state index in [1.165, 1.54) is 5.56 Å². The third-order valence-electron chi connectivity index (χ3n) is 6.79. The minimum atomic E-state index is -1.07. The van der Waals surface area contributed by atoms with Gasteiger partial charge < -0.3 is 15.3 Å². The van der Waals surface area contributed by atoms with Crippen molar-refractivity contribution in [2.45, 2.75) is 54.9 Å². The smallest absolute Gasteiger partial charge is 0.227 e. The normalized spacial score (nSPS) is 23.1. The average Bonchev–Trinajstić information content (AvgIpc) is 3.12. The number of aliphatic hydroxyl groups is 1. The van der Waals surface area contributed by atoms with Crippen molar-refractivity contribution in [2.75, 3.05) is 35.7 Å². The van der Waals surface area contributed by atoms with Crippen molar-refractivity contribution in [1.29, 1.82) is 0 Å². The highest BCUT2D eigenvalue weighted by Gasteiger charge is 2.39. The van der Waals surface area contributed by atoms with Crippen molar-refractivity contribution in [3.63, 3.8) is 0 Å². The lowest BCUT2D eigenvalue weighted by Gasteiger charge is -2.42. The van der Waals surface area contributed by atoms with Crippen LogP contribution >= 0.6 is 11.6 Å². The maximum Gasteiger partial charge on any atom is 0.227 e. The van der Waals surface area contributed by atoms with E-state index in [0.717, 1.165) is 73.2 Å². The zero-order valence-electron chi connectivity index (χ0n) is 16.9. The molecule has 1 aromatic heterocycles. The molecule has 2 aromatic rings. The summed E-state index contributed by atoms with van der Waals surface area (Å²) >= 11 is 6.03. The molecule has 2 aliphatic heterocycles. The first-order valence-corrected chi connectivity index (χ1v) is 12.5. The topological polar surface area (TPSA) is 78.4 Å². The predicted octanol–water partition coefficient (Wildman–Crippen LogP) is 3.50. The lowest BCUT2D eigenvalue weighted by atomic mass is 9.77. The second-order valence-corrected chi connectivity index (χ2v) is 10.6. The Morgan fingerprint density at radius 3 is 2.57 bits per heavy atom. The summed E-state index contributed by atoms with van der Waals surface area (Å²) in [5.41, 5.74) is 1.91. The quantitative estimate of drug-likeness (QED) is 0.731. The van der Waals surface area contributed by atoms with E-state index in [-0.39, 0.29) is 12.1 Å². The van der Waals surface area contributed by atoms with Crippen LogP contribution in [0.5, 0.6) is 0 Å². The summed E-state index contributed by atoms with van der Waals surface area (Å²) in [6.07, 6.45) is 5.72. The molecule has 0 bridgehead atoms. The number of halogens is 1. The molecule has 2 N–H and O–H groups in total. The number of anilines is 2. The summed E-state index contributed by atoms with van der Waals surface area (Å²) in [5.74, 6) is 2.51. The second kappa shape index (κ2) is 8.09. The minimum absolute atomic E-state index is 0.0697. The van der Waals surface area contributed by atoms with Crippen molar-refractivity contribution in [1.82, 2.24) is 9.97 Å². The lowest BCUT2D eigenvalue weighted by Crippen LogP contribution is -2.48. The highest BCUT2D eigenvalue weighted by Crippen LogP contribution is 2.39. The van der Waals surface area contributed by atoms with Gasteiger partial charge in [-0.25, -0.2) is 4.98 Å². The standard InChI is InChI=1S/C22H27ClN4O2S/c23-17-4-2-15(3-5-17)16-6-11-27(12-7-16)21-24-18-8-13-30(29)19(18)20(25-21)26-22(14-28)9-1-10-22/h2-5,16,28H,1,6-14H2,(H,24,25,26). The van der Waals surface area contributed by atoms with E-state index in [4.69, 9.17) is 21.6 Å². The van der Waals surface area contributed by atoms with Crippen molar-refractivity contribution in [3.8, 4) is 0 Å². The Hall–Kier alpha value is -1.70. The molecule has 1 saturated carbocycles. The molecule has 1 unspecified atom stereocenters. The molecule has 3 heterocycles. The van der Waals surface area contributed by atoms with Gasteiger partial charge in [0.25, 0.3) is 0 Å². The van der Waals surface area contributed by atoms with E-state index in [2.05, 4.69) is 22.3 Å². The molecular weight excluding hydrogens is 420 g/mol. The fourth-order valence-corrected chi connectivity index (χ4v) is 6.17. The number of piperidine rings is 1. The van der Waals surface area contributed by atoms with E-state index in [1.54, 1.807) is 0 Å². The number of fused-ring (bicyclic) bond motifs is 1. The van der Waals surface area contributed by atoms with Crippen molar-refractivity contribution in [2.24, 2.45) is 0 Å². The van der Waals surface area contributed by atoms with Crippen LogP contribution in [0.2, 0.25) is 5.02 Å². The van der Waals surface area contributed by atoms with Gasteiger partial charge in [0.15, 0.2) is 0 Å². The molecule has 0 amide bonds. The van der Waals surface area contributed by atoms with Gasteiger partial charge in [-0.05, 0) is 55.7 Å². The third-order valence-corrected chi connectivity index (χ3v) is 8.50. The van der Waals surface area contributed by atoms with E-state index < -0.39 is 10.8 Å². The molecule has 1 saturated heterocycles. The first-order valence-electron chi connectivity index (χ1n) is 10.8. The summed E-state index contributed by atoms with van der Waals surface area (Å²) in [6, 6.07) is 8.17. The van der Waals surface area contributed by atoms with Crippen LogP contribution in [0.15, 0.2) is 29.2 Å². The summed E-state index contributed by atoms with van der Waals surface area (Å²) in [7, 11) is -1.07. The first-order chi connectivity index (χ1) is 14.6. The molecule has 8 heteroatoms. The number of benzene rings is 1. The number of aromatic nitrogens is 2. The largest absolute Gasteiger partial charge is 0.394 e. The van der Waals surface area contributed by atoms with E-state index >= 15 is 0 Å². The van der Waals surface area contributed by atoms with Gasteiger partial charge in [-0.1, -0.05) is 23.7 Å². The fraction of sp³-hybridized carbons (Fsp3) is 0.545. The summed E-state index contributed by atoms with van der Waals surface area (Å²) in [6.45, 7) is 1.85. The molecule has 5 rings (SSSR count). The van der Waals surface area contributed by atoms with Gasteiger partial charge >= 0.3 is 0 Å². The monoisotopic (exact) mass is 446 g/mol. The van der Waals surface area contributed by atoms with Crippen molar-refractivity contribution in [3.05, 3.63) is 40.5 Å². The summed E-state index contributed by atoms with van der Waals surface area (Å²) < 4.78 is 12.6. The van der Waals surface area contributed by atoms with E-state index in [9.17, 15) is 9.32 Å². The van der Waals surface area contributed by atoms with Gasteiger partial charge in [0.05, 0.1) is 28.6 Å². The van der Waals surface area contributed by atoms with Gasteiger partial charge in [0, 0.05) is 30.3 Å². The summed E-state index contributed by atoms with van der Waals surface area (Å²) in [4.78, 5) is 12.6.